The number of carbonyl (C=O) groups excluding carboxylic acids is 1. The minimum Gasteiger partial charge on any atom is -0.465 e. The number of aromatic nitrogens is 2. The molecule has 12 heavy (non-hydrogen) atoms. The van der Waals surface area contributed by atoms with Crippen LogP contribution in [0.3, 0.4) is 0 Å². The normalized spacial score (nSPS) is 12.5. The van der Waals surface area contributed by atoms with Gasteiger partial charge in [0.2, 0.25) is 0 Å². The lowest BCUT2D eigenvalue weighted by Crippen LogP contribution is -2.66. The Morgan fingerprint density at radius 3 is 3.17 bits per heavy atom. The van der Waals surface area contributed by atoms with Crippen LogP contribution in [0, 0.1) is 0 Å². The molecule has 0 saturated heterocycles. The molecular formula is C7H12N3O2+. The molecule has 1 aromatic rings. The maximum atomic E-state index is 10.9. The van der Waals surface area contributed by atoms with E-state index in [0.717, 1.165) is 5.69 Å². The second kappa shape index (κ2) is 3.87. The van der Waals surface area contributed by atoms with E-state index in [4.69, 9.17) is 0 Å². The van der Waals surface area contributed by atoms with Gasteiger partial charge in [0.05, 0.1) is 19.9 Å². The van der Waals surface area contributed by atoms with E-state index in [-0.39, 0.29) is 12.0 Å². The highest BCUT2D eigenvalue weighted by Gasteiger charge is 2.18. The van der Waals surface area contributed by atoms with Gasteiger partial charge < -0.3 is 15.5 Å². The first-order chi connectivity index (χ1) is 5.74. The van der Waals surface area contributed by atoms with Crippen LogP contribution in [0.2, 0.25) is 0 Å². The fourth-order valence-corrected chi connectivity index (χ4v) is 0.912. The molecule has 1 aromatic heterocycles. The molecule has 0 amide bonds. The Labute approximate surface area is 69.9 Å². The van der Waals surface area contributed by atoms with Gasteiger partial charge in [-0.2, -0.15) is 0 Å². The number of hydrogen-bond donors (Lipinski definition) is 2. The van der Waals surface area contributed by atoms with Crippen molar-refractivity contribution in [2.24, 2.45) is 0 Å². The van der Waals surface area contributed by atoms with Crippen LogP contribution in [0.25, 0.3) is 0 Å². The number of imidazole rings is 1. The molecule has 1 rings (SSSR count). The van der Waals surface area contributed by atoms with Crippen LogP contribution in [0.15, 0.2) is 12.5 Å². The summed E-state index contributed by atoms with van der Waals surface area (Å²) in [5.74, 6) is -0.301. The third-order valence-electron chi connectivity index (χ3n) is 1.56. The average Bonchev–Trinajstić information content (AvgIpc) is 2.55. The number of rotatable bonds is 3. The van der Waals surface area contributed by atoms with Crippen LogP contribution < -0.4 is 5.73 Å². The molecule has 0 bridgehead atoms. The zero-order valence-corrected chi connectivity index (χ0v) is 6.91. The van der Waals surface area contributed by atoms with Gasteiger partial charge in [-0.15, -0.1) is 0 Å². The van der Waals surface area contributed by atoms with Crippen LogP contribution >= 0.6 is 0 Å². The maximum absolute atomic E-state index is 10.9. The van der Waals surface area contributed by atoms with E-state index in [1.54, 1.807) is 12.5 Å². The van der Waals surface area contributed by atoms with Gasteiger partial charge in [0, 0.05) is 11.9 Å². The summed E-state index contributed by atoms with van der Waals surface area (Å²) in [4.78, 5) is 17.6. The number of H-pyrrole nitrogens is 1. The van der Waals surface area contributed by atoms with Crippen molar-refractivity contribution in [3.8, 4) is 0 Å². The molecule has 0 aliphatic carbocycles. The Morgan fingerprint density at radius 1 is 1.92 bits per heavy atom. The Balaban J connectivity index is 2.47. The summed E-state index contributed by atoms with van der Waals surface area (Å²) < 4.78 is 4.53. The molecule has 1 heterocycles. The summed E-state index contributed by atoms with van der Waals surface area (Å²) in [5, 5.41) is 0. The Bertz CT molecular complexity index is 245. The van der Waals surface area contributed by atoms with Crippen LogP contribution in [0.5, 0.6) is 0 Å². The first-order valence-electron chi connectivity index (χ1n) is 3.62. The number of hydrogen-bond acceptors (Lipinski definition) is 3. The van der Waals surface area contributed by atoms with Gasteiger partial charge in [0.15, 0.2) is 6.04 Å². The smallest absolute Gasteiger partial charge is 0.364 e. The second-order valence-electron chi connectivity index (χ2n) is 2.50. The number of methoxy groups -OCH3 is 1. The second-order valence-corrected chi connectivity index (χ2v) is 2.50. The van der Waals surface area contributed by atoms with Crippen molar-refractivity contribution < 1.29 is 15.3 Å². The highest BCUT2D eigenvalue weighted by Crippen LogP contribution is 1.95. The quantitative estimate of drug-likeness (QED) is 0.555. The Kier molecular flexibility index (Phi) is 2.82. The Morgan fingerprint density at radius 2 is 2.67 bits per heavy atom. The van der Waals surface area contributed by atoms with Crippen LogP contribution in [0.1, 0.15) is 5.69 Å². The topological polar surface area (TPSA) is 82.6 Å². The van der Waals surface area contributed by atoms with Crippen molar-refractivity contribution >= 4 is 5.97 Å². The monoisotopic (exact) mass is 170 g/mol. The molecule has 0 aromatic carbocycles. The predicted molar refractivity (Wildman–Crippen MR) is 41.0 cm³/mol. The van der Waals surface area contributed by atoms with Gasteiger partial charge in [-0.05, 0) is 0 Å². The molecule has 0 fully saturated rings. The summed E-state index contributed by atoms with van der Waals surface area (Å²) in [6.45, 7) is 0. The lowest BCUT2D eigenvalue weighted by molar-refractivity contribution is -0.407. The number of quaternary nitrogens is 1. The van der Waals surface area contributed by atoms with E-state index in [1.807, 2.05) is 0 Å². The molecule has 4 N–H and O–H groups in total. The van der Waals surface area contributed by atoms with E-state index in [2.05, 4.69) is 20.4 Å². The zero-order valence-electron chi connectivity index (χ0n) is 6.91. The lowest BCUT2D eigenvalue weighted by Gasteiger charge is -2.03. The minimum atomic E-state index is -0.365. The highest BCUT2D eigenvalue weighted by molar-refractivity contribution is 5.74. The van der Waals surface area contributed by atoms with Crippen LogP contribution in [-0.2, 0) is 16.0 Å². The van der Waals surface area contributed by atoms with Crippen molar-refractivity contribution in [1.82, 2.24) is 9.97 Å². The summed E-state index contributed by atoms with van der Waals surface area (Å²) in [5.41, 5.74) is 4.55. The predicted octanol–water partition coefficient (Wildman–Crippen LogP) is -1.26. The van der Waals surface area contributed by atoms with Crippen molar-refractivity contribution in [1.29, 1.82) is 0 Å². The third kappa shape index (κ3) is 2.06. The van der Waals surface area contributed by atoms with Gasteiger partial charge >= 0.3 is 5.97 Å². The van der Waals surface area contributed by atoms with E-state index >= 15 is 0 Å². The average molecular weight is 170 g/mol. The van der Waals surface area contributed by atoms with Gasteiger partial charge in [0.1, 0.15) is 0 Å². The number of nitrogens with one attached hydrogen (secondary N) is 1. The fraction of sp³-hybridized carbons (Fsp3) is 0.429. The fourth-order valence-electron chi connectivity index (χ4n) is 0.912. The molecule has 0 radical (unpaired) electrons. The van der Waals surface area contributed by atoms with Crippen molar-refractivity contribution in [2.45, 2.75) is 12.5 Å². The summed E-state index contributed by atoms with van der Waals surface area (Å²) in [7, 11) is 1.35. The number of nitrogens with zero attached hydrogens (tertiary/aromatic N) is 1. The molecule has 1 unspecified atom stereocenters. The molecular weight excluding hydrogens is 158 g/mol. The van der Waals surface area contributed by atoms with Gasteiger partial charge in [-0.25, -0.2) is 9.78 Å². The van der Waals surface area contributed by atoms with E-state index in [1.165, 1.54) is 7.11 Å². The van der Waals surface area contributed by atoms with Crippen molar-refractivity contribution in [3.05, 3.63) is 18.2 Å². The first-order valence-corrected chi connectivity index (χ1v) is 3.62. The Hall–Kier alpha value is -1.36. The molecule has 5 nitrogen and oxygen atoms in total. The molecule has 0 saturated carbocycles. The van der Waals surface area contributed by atoms with Crippen LogP contribution in [0.4, 0.5) is 0 Å². The summed E-state index contributed by atoms with van der Waals surface area (Å²) in [6, 6.07) is -0.365. The zero-order chi connectivity index (χ0) is 8.97. The summed E-state index contributed by atoms with van der Waals surface area (Å²) in [6.07, 6.45) is 3.77. The number of ether oxygens (including phenoxy) is 1. The highest BCUT2D eigenvalue weighted by atomic mass is 16.5. The van der Waals surface area contributed by atoms with E-state index in [0.29, 0.717) is 6.42 Å². The molecule has 5 heteroatoms. The molecule has 0 aliphatic rings. The van der Waals surface area contributed by atoms with Crippen LogP contribution in [-0.4, -0.2) is 29.1 Å². The molecule has 66 valence electrons. The molecule has 1 atom stereocenters. The first kappa shape index (κ1) is 8.73. The van der Waals surface area contributed by atoms with E-state index in [9.17, 15) is 4.79 Å². The van der Waals surface area contributed by atoms with E-state index < -0.39 is 0 Å². The standard InChI is InChI=1S/C7H11N3O2/c1-12-7(11)6(8)2-5-3-9-4-10-5/h3-4,6H,2,8H2,1H3,(H,9,10)/p+1. The molecule has 0 spiro atoms. The number of aromatic amines is 1. The van der Waals surface area contributed by atoms with Gasteiger partial charge in [0.25, 0.3) is 0 Å². The lowest BCUT2D eigenvalue weighted by atomic mass is 10.2. The third-order valence-corrected chi connectivity index (χ3v) is 1.56. The van der Waals surface area contributed by atoms with Gasteiger partial charge in [-0.3, -0.25) is 0 Å². The van der Waals surface area contributed by atoms with Crippen molar-refractivity contribution in [3.63, 3.8) is 0 Å². The van der Waals surface area contributed by atoms with Crippen molar-refractivity contribution in [2.75, 3.05) is 7.11 Å². The molecule has 0 aliphatic heterocycles. The summed E-state index contributed by atoms with van der Waals surface area (Å²) >= 11 is 0. The largest absolute Gasteiger partial charge is 0.465 e. The SMILES string of the molecule is COC(=O)C([NH3+])Cc1cnc[nH]1. The number of esters is 1. The minimum absolute atomic E-state index is 0.301. The number of carbonyl (C=O) groups is 1. The van der Waals surface area contributed by atoms with Gasteiger partial charge in [-0.1, -0.05) is 0 Å². The maximum Gasteiger partial charge on any atom is 0.364 e.